The fraction of sp³-hybridized carbons (Fsp3) is 0.600. The summed E-state index contributed by atoms with van der Waals surface area (Å²) < 4.78 is 10.7. The molecule has 0 saturated carbocycles. The minimum absolute atomic E-state index is 0.406. The molecule has 0 amide bonds. The Bertz CT molecular complexity index is 292. The van der Waals surface area contributed by atoms with Gasteiger partial charge in [-0.2, -0.15) is 0 Å². The van der Waals surface area contributed by atoms with Crippen LogP contribution in [-0.4, -0.2) is 29.8 Å². The molecule has 15 heavy (non-hydrogen) atoms. The van der Waals surface area contributed by atoms with Crippen LogP contribution in [0.2, 0.25) is 0 Å². The molecule has 0 aromatic carbocycles. The molecule has 0 aliphatic heterocycles. The molecule has 0 saturated heterocycles. The van der Waals surface area contributed by atoms with Gasteiger partial charge in [0.15, 0.2) is 0 Å². The molecule has 0 fully saturated rings. The van der Waals surface area contributed by atoms with E-state index < -0.39 is 0 Å². The Morgan fingerprint density at radius 1 is 1.33 bits per heavy atom. The Balaban J connectivity index is 2.15. The van der Waals surface area contributed by atoms with Gasteiger partial charge in [0.1, 0.15) is 18.8 Å². The van der Waals surface area contributed by atoms with Gasteiger partial charge in [-0.15, -0.1) is 0 Å². The number of hydrogen-bond acceptors (Lipinski definition) is 5. The minimum atomic E-state index is 0.406. The van der Waals surface area contributed by atoms with E-state index >= 15 is 0 Å². The summed E-state index contributed by atoms with van der Waals surface area (Å²) >= 11 is 0. The SMILES string of the molecule is CC(C)COCCOc1cc(N)ncn1. The fourth-order valence-corrected chi connectivity index (χ4v) is 0.957. The van der Waals surface area contributed by atoms with Crippen molar-refractivity contribution in [2.75, 3.05) is 25.6 Å². The quantitative estimate of drug-likeness (QED) is 0.714. The highest BCUT2D eigenvalue weighted by atomic mass is 16.5. The van der Waals surface area contributed by atoms with Crippen LogP contribution in [0.25, 0.3) is 0 Å². The molecule has 0 aliphatic rings. The Kier molecular flexibility index (Phi) is 4.83. The number of nitrogen functional groups attached to an aromatic ring is 1. The Morgan fingerprint density at radius 3 is 2.80 bits per heavy atom. The standard InChI is InChI=1S/C10H17N3O2/c1-8(2)6-14-3-4-15-10-5-9(11)12-7-13-10/h5,7-8H,3-4,6H2,1-2H3,(H2,11,12,13). The monoisotopic (exact) mass is 211 g/mol. The fourth-order valence-electron chi connectivity index (χ4n) is 0.957. The lowest BCUT2D eigenvalue weighted by molar-refractivity contribution is 0.0806. The van der Waals surface area contributed by atoms with Gasteiger partial charge in [0.05, 0.1) is 6.61 Å². The van der Waals surface area contributed by atoms with E-state index in [-0.39, 0.29) is 0 Å². The number of aromatic nitrogens is 2. The van der Waals surface area contributed by atoms with E-state index in [4.69, 9.17) is 15.2 Å². The molecule has 1 aromatic heterocycles. The van der Waals surface area contributed by atoms with Crippen molar-refractivity contribution >= 4 is 5.82 Å². The van der Waals surface area contributed by atoms with E-state index in [9.17, 15) is 0 Å². The molecule has 0 unspecified atom stereocenters. The lowest BCUT2D eigenvalue weighted by atomic mass is 10.2. The molecule has 84 valence electrons. The summed E-state index contributed by atoms with van der Waals surface area (Å²) in [4.78, 5) is 7.67. The van der Waals surface area contributed by atoms with Gasteiger partial charge in [-0.3, -0.25) is 0 Å². The molecule has 0 bridgehead atoms. The van der Waals surface area contributed by atoms with Crippen LogP contribution in [-0.2, 0) is 4.74 Å². The maximum atomic E-state index is 5.47. The van der Waals surface area contributed by atoms with Crippen molar-refractivity contribution in [2.45, 2.75) is 13.8 Å². The van der Waals surface area contributed by atoms with Gasteiger partial charge in [0, 0.05) is 12.7 Å². The van der Waals surface area contributed by atoms with Crippen molar-refractivity contribution in [3.8, 4) is 5.88 Å². The Hall–Kier alpha value is -1.36. The van der Waals surface area contributed by atoms with Crippen LogP contribution in [0, 0.1) is 5.92 Å². The summed E-state index contributed by atoms with van der Waals surface area (Å²) in [6.45, 7) is 5.98. The summed E-state index contributed by atoms with van der Waals surface area (Å²) in [7, 11) is 0. The normalized spacial score (nSPS) is 10.6. The highest BCUT2D eigenvalue weighted by molar-refractivity contribution is 5.30. The summed E-state index contributed by atoms with van der Waals surface area (Å²) in [5.41, 5.74) is 5.47. The van der Waals surface area contributed by atoms with Gasteiger partial charge >= 0.3 is 0 Å². The smallest absolute Gasteiger partial charge is 0.218 e. The summed E-state index contributed by atoms with van der Waals surface area (Å²) in [5.74, 6) is 1.43. The first-order valence-corrected chi connectivity index (χ1v) is 4.96. The zero-order valence-corrected chi connectivity index (χ0v) is 9.14. The number of nitrogens with zero attached hydrogens (tertiary/aromatic N) is 2. The van der Waals surface area contributed by atoms with Crippen LogP contribution in [0.3, 0.4) is 0 Å². The second-order valence-corrected chi connectivity index (χ2v) is 3.60. The van der Waals surface area contributed by atoms with Crippen LogP contribution < -0.4 is 10.5 Å². The molecular weight excluding hydrogens is 194 g/mol. The van der Waals surface area contributed by atoms with Gasteiger partial charge in [-0.05, 0) is 5.92 Å². The third-order valence-corrected chi connectivity index (χ3v) is 1.59. The van der Waals surface area contributed by atoms with Gasteiger partial charge < -0.3 is 15.2 Å². The zero-order valence-electron chi connectivity index (χ0n) is 9.14. The summed E-state index contributed by atoms with van der Waals surface area (Å²) in [6.07, 6.45) is 1.37. The van der Waals surface area contributed by atoms with Crippen LogP contribution >= 0.6 is 0 Å². The largest absolute Gasteiger partial charge is 0.475 e. The molecule has 2 N–H and O–H groups in total. The van der Waals surface area contributed by atoms with Crippen LogP contribution in [0.15, 0.2) is 12.4 Å². The Morgan fingerprint density at radius 2 is 2.13 bits per heavy atom. The molecule has 1 heterocycles. The molecule has 0 atom stereocenters. The molecule has 5 heteroatoms. The first-order chi connectivity index (χ1) is 7.18. The van der Waals surface area contributed by atoms with Gasteiger partial charge in [0.2, 0.25) is 5.88 Å². The number of anilines is 1. The molecule has 0 radical (unpaired) electrons. The molecule has 0 aliphatic carbocycles. The highest BCUT2D eigenvalue weighted by Gasteiger charge is 1.97. The highest BCUT2D eigenvalue weighted by Crippen LogP contribution is 2.07. The average molecular weight is 211 g/mol. The van der Waals surface area contributed by atoms with Crippen LogP contribution in [0.4, 0.5) is 5.82 Å². The van der Waals surface area contributed by atoms with Crippen molar-refractivity contribution in [2.24, 2.45) is 5.92 Å². The van der Waals surface area contributed by atoms with Gasteiger partial charge in [0.25, 0.3) is 0 Å². The first kappa shape index (κ1) is 11.7. The second-order valence-electron chi connectivity index (χ2n) is 3.60. The van der Waals surface area contributed by atoms with E-state index in [1.165, 1.54) is 6.33 Å². The third kappa shape index (κ3) is 5.17. The van der Waals surface area contributed by atoms with Crippen molar-refractivity contribution in [1.29, 1.82) is 0 Å². The minimum Gasteiger partial charge on any atom is -0.475 e. The molecular formula is C10H17N3O2. The molecule has 5 nitrogen and oxygen atoms in total. The maximum absolute atomic E-state index is 5.47. The van der Waals surface area contributed by atoms with Crippen molar-refractivity contribution in [1.82, 2.24) is 9.97 Å². The number of hydrogen-bond donors (Lipinski definition) is 1. The lowest BCUT2D eigenvalue weighted by Crippen LogP contribution is -2.10. The van der Waals surface area contributed by atoms with E-state index in [1.807, 2.05) is 0 Å². The second kappa shape index (κ2) is 6.19. The maximum Gasteiger partial charge on any atom is 0.218 e. The van der Waals surface area contributed by atoms with E-state index in [0.29, 0.717) is 30.8 Å². The van der Waals surface area contributed by atoms with Crippen molar-refractivity contribution in [3.63, 3.8) is 0 Å². The van der Waals surface area contributed by atoms with E-state index in [1.54, 1.807) is 6.07 Å². The summed E-state index contributed by atoms with van der Waals surface area (Å²) in [5, 5.41) is 0. The van der Waals surface area contributed by atoms with Crippen LogP contribution in [0.1, 0.15) is 13.8 Å². The summed E-state index contributed by atoms with van der Waals surface area (Å²) in [6, 6.07) is 1.59. The third-order valence-electron chi connectivity index (χ3n) is 1.59. The zero-order chi connectivity index (χ0) is 11.1. The van der Waals surface area contributed by atoms with Crippen molar-refractivity contribution in [3.05, 3.63) is 12.4 Å². The van der Waals surface area contributed by atoms with Crippen molar-refractivity contribution < 1.29 is 9.47 Å². The topological polar surface area (TPSA) is 70.3 Å². The molecule has 1 aromatic rings. The average Bonchev–Trinajstić information content (AvgIpc) is 2.17. The van der Waals surface area contributed by atoms with E-state index in [0.717, 1.165) is 6.61 Å². The predicted octanol–water partition coefficient (Wildman–Crippen LogP) is 1.11. The number of ether oxygens (including phenoxy) is 2. The van der Waals surface area contributed by atoms with Gasteiger partial charge in [-0.1, -0.05) is 13.8 Å². The molecule has 0 spiro atoms. The first-order valence-electron chi connectivity index (χ1n) is 4.96. The number of nitrogens with two attached hydrogens (primary N) is 1. The number of rotatable bonds is 6. The Labute approximate surface area is 89.6 Å². The predicted molar refractivity (Wildman–Crippen MR) is 57.6 cm³/mol. The lowest BCUT2D eigenvalue weighted by Gasteiger charge is -2.07. The van der Waals surface area contributed by atoms with Gasteiger partial charge in [-0.25, -0.2) is 9.97 Å². The molecule has 1 rings (SSSR count). The van der Waals surface area contributed by atoms with E-state index in [2.05, 4.69) is 23.8 Å². The van der Waals surface area contributed by atoms with Crippen LogP contribution in [0.5, 0.6) is 5.88 Å².